The maximum Gasteiger partial charge on any atom is 0.310 e. The Hall–Kier alpha value is -4.31. The largest absolute Gasteiger partial charge is 0.518 e. The molecule has 3 aromatic carbocycles. The number of para-hydroxylation sites is 2. The number of hydrogen-bond acceptors (Lipinski definition) is 5. The maximum atomic E-state index is 12.0. The summed E-state index contributed by atoms with van der Waals surface area (Å²) in [4.78, 5) is 15.4. The van der Waals surface area contributed by atoms with Gasteiger partial charge in [-0.15, -0.1) is 0 Å². The minimum absolute atomic E-state index is 0.0382. The first-order valence-corrected chi connectivity index (χ1v) is 11.5. The van der Waals surface area contributed by atoms with Gasteiger partial charge in [0.1, 0.15) is 23.8 Å². The van der Waals surface area contributed by atoms with Gasteiger partial charge < -0.3 is 14.6 Å². The third-order valence-corrected chi connectivity index (χ3v) is 5.70. The highest BCUT2D eigenvalue weighted by atomic mass is 16.5. The van der Waals surface area contributed by atoms with Crippen molar-refractivity contribution in [3.63, 3.8) is 0 Å². The molecule has 1 aromatic heterocycles. The normalized spacial score (nSPS) is 10.9. The predicted octanol–water partition coefficient (Wildman–Crippen LogP) is 6.23. The summed E-state index contributed by atoms with van der Waals surface area (Å²) in [7, 11) is 0. The molecule has 0 atom stereocenters. The molecule has 0 saturated carbocycles. The quantitative estimate of drug-likeness (QED) is 0.245. The number of phenolic OH excluding ortho intramolecular Hbond substituents is 1. The lowest BCUT2D eigenvalue weighted by molar-refractivity contribution is -0.142. The first kappa shape index (κ1) is 23.8. The van der Waals surface area contributed by atoms with Crippen LogP contribution in [0.5, 0.6) is 11.5 Å². The molecule has 0 radical (unpaired) electrons. The third-order valence-electron chi connectivity index (χ3n) is 5.70. The zero-order valence-corrected chi connectivity index (χ0v) is 20.0. The summed E-state index contributed by atoms with van der Waals surface area (Å²) < 4.78 is 13.2. The molecule has 0 aliphatic heterocycles. The van der Waals surface area contributed by atoms with Crippen molar-refractivity contribution in [2.75, 3.05) is 6.61 Å². The van der Waals surface area contributed by atoms with Gasteiger partial charge in [-0.3, -0.25) is 9.48 Å². The molecule has 7 heteroatoms. The van der Waals surface area contributed by atoms with Gasteiger partial charge in [0.15, 0.2) is 0 Å². The fourth-order valence-electron chi connectivity index (χ4n) is 4.03. The summed E-state index contributed by atoms with van der Waals surface area (Å²) in [5, 5.41) is 16.3. The van der Waals surface area contributed by atoms with Gasteiger partial charge in [0.25, 0.3) is 0 Å². The van der Waals surface area contributed by atoms with E-state index in [1.54, 1.807) is 25.1 Å². The van der Waals surface area contributed by atoms with Gasteiger partial charge in [-0.2, -0.15) is 5.10 Å². The molecule has 0 bridgehead atoms. The number of nitrogens with zero attached hydrogens (tertiary/aromatic N) is 3. The van der Waals surface area contributed by atoms with E-state index in [9.17, 15) is 9.90 Å². The van der Waals surface area contributed by atoms with Gasteiger partial charge in [0, 0.05) is 22.6 Å². The van der Waals surface area contributed by atoms with E-state index in [0.717, 1.165) is 27.7 Å². The number of ether oxygens (including phenoxy) is 2. The smallest absolute Gasteiger partial charge is 0.310 e. The Balaban J connectivity index is 1.70. The minimum atomic E-state index is -0.302. The van der Waals surface area contributed by atoms with E-state index in [1.165, 1.54) is 0 Å². The molecule has 35 heavy (non-hydrogen) atoms. The van der Waals surface area contributed by atoms with Crippen LogP contribution >= 0.6 is 0 Å². The van der Waals surface area contributed by atoms with Gasteiger partial charge in [-0.1, -0.05) is 42.5 Å². The minimum Gasteiger partial charge on any atom is -0.518 e. The predicted molar refractivity (Wildman–Crippen MR) is 135 cm³/mol. The molecule has 1 heterocycles. The molecular weight excluding hydrogens is 442 g/mol. The summed E-state index contributed by atoms with van der Waals surface area (Å²) in [5.41, 5.74) is 4.02. The highest BCUT2D eigenvalue weighted by Gasteiger charge is 2.17. The first-order chi connectivity index (χ1) is 16.9. The molecule has 4 rings (SSSR count). The first-order valence-electron chi connectivity index (χ1n) is 11.5. The van der Waals surface area contributed by atoms with Crippen LogP contribution in [0, 0.1) is 6.57 Å². The molecule has 178 valence electrons. The van der Waals surface area contributed by atoms with Crippen LogP contribution in [-0.2, 0) is 22.6 Å². The zero-order chi connectivity index (χ0) is 24.9. The monoisotopic (exact) mass is 469 g/mol. The van der Waals surface area contributed by atoms with Crippen molar-refractivity contribution in [3.8, 4) is 22.6 Å². The lowest BCUT2D eigenvalue weighted by Gasteiger charge is -2.11. The van der Waals surface area contributed by atoms with Crippen molar-refractivity contribution >= 4 is 22.6 Å². The average molecular weight is 470 g/mol. The number of esters is 1. The summed E-state index contributed by atoms with van der Waals surface area (Å²) >= 11 is 0. The molecule has 0 aliphatic carbocycles. The van der Waals surface area contributed by atoms with Crippen molar-refractivity contribution < 1.29 is 19.4 Å². The van der Waals surface area contributed by atoms with E-state index in [2.05, 4.69) is 18.7 Å². The highest BCUT2D eigenvalue weighted by Crippen LogP contribution is 2.38. The number of fused-ring (bicyclic) bond motifs is 1. The Morgan fingerprint density at radius 3 is 2.69 bits per heavy atom. The van der Waals surface area contributed by atoms with Crippen molar-refractivity contribution in [3.05, 3.63) is 83.3 Å². The molecule has 0 spiro atoms. The van der Waals surface area contributed by atoms with Crippen molar-refractivity contribution in [2.45, 2.75) is 39.8 Å². The molecule has 7 nitrogen and oxygen atoms in total. The number of rotatable bonds is 8. The summed E-state index contributed by atoms with van der Waals surface area (Å²) in [6, 6.07) is 18.5. The molecular formula is C28H27N3O4. The van der Waals surface area contributed by atoms with E-state index in [1.807, 2.05) is 47.1 Å². The van der Waals surface area contributed by atoms with E-state index in [-0.39, 0.29) is 36.5 Å². The standard InChI is InChI=1S/C28H27N3O4/c1-5-34-27(32)16-20-9-6-7-12-26(20)35-17-24-22-15-19(13-14-25(22)31(30-24)18(2)3)21-10-8-11-23(29-4)28(21)33/h6-15,18,33H,5,16-17H2,1-3H3. The number of carbonyl (C=O) groups excluding carboxylic acids is 1. The van der Waals surface area contributed by atoms with Crippen LogP contribution in [0.3, 0.4) is 0 Å². The molecule has 0 saturated heterocycles. The SMILES string of the molecule is [C-]#[N+]c1cccc(-c2ccc3c(c2)c(COc2ccccc2CC(=O)OCC)nn3C(C)C)c1O. The fraction of sp³-hybridized carbons (Fsp3) is 0.250. The van der Waals surface area contributed by atoms with Crippen LogP contribution in [-0.4, -0.2) is 27.5 Å². The van der Waals surface area contributed by atoms with Gasteiger partial charge in [-0.05, 0) is 44.5 Å². The van der Waals surface area contributed by atoms with Crippen molar-refractivity contribution in [1.82, 2.24) is 9.78 Å². The molecule has 1 N–H and O–H groups in total. The Morgan fingerprint density at radius 1 is 1.14 bits per heavy atom. The molecule has 0 fully saturated rings. The number of carbonyl (C=O) groups is 1. The maximum absolute atomic E-state index is 12.0. The lowest BCUT2D eigenvalue weighted by Crippen LogP contribution is -2.09. The Labute approximate surface area is 204 Å². The highest BCUT2D eigenvalue weighted by molar-refractivity contribution is 5.89. The van der Waals surface area contributed by atoms with Crippen molar-refractivity contribution in [2.24, 2.45) is 0 Å². The number of hydrogen-bond donors (Lipinski definition) is 1. The number of aromatic hydroxyl groups is 1. The Kier molecular flexibility index (Phi) is 7.02. The lowest BCUT2D eigenvalue weighted by atomic mass is 10.0. The van der Waals surface area contributed by atoms with E-state index in [0.29, 0.717) is 17.9 Å². The van der Waals surface area contributed by atoms with Crippen LogP contribution in [0.15, 0.2) is 60.7 Å². The van der Waals surface area contributed by atoms with Gasteiger partial charge in [-0.25, -0.2) is 4.85 Å². The van der Waals surface area contributed by atoms with Gasteiger partial charge in [0.2, 0.25) is 5.69 Å². The third kappa shape index (κ3) is 4.97. The van der Waals surface area contributed by atoms with Crippen LogP contribution in [0.4, 0.5) is 5.69 Å². The number of aromatic nitrogens is 2. The molecule has 4 aromatic rings. The molecule has 0 aliphatic rings. The van der Waals surface area contributed by atoms with Crippen LogP contribution in [0.1, 0.15) is 38.1 Å². The Bertz CT molecular complexity index is 1420. The average Bonchev–Trinajstić information content (AvgIpc) is 3.22. The molecule has 0 amide bonds. The zero-order valence-electron chi connectivity index (χ0n) is 20.0. The second kappa shape index (κ2) is 10.3. The van der Waals surface area contributed by atoms with E-state index < -0.39 is 0 Å². The second-order valence-electron chi connectivity index (χ2n) is 8.38. The summed E-state index contributed by atoms with van der Waals surface area (Å²) in [6.07, 6.45) is 0.131. The van der Waals surface area contributed by atoms with E-state index in [4.69, 9.17) is 21.1 Å². The van der Waals surface area contributed by atoms with Crippen LogP contribution in [0.2, 0.25) is 0 Å². The van der Waals surface area contributed by atoms with Crippen LogP contribution < -0.4 is 4.74 Å². The number of benzene rings is 3. The fourth-order valence-corrected chi connectivity index (χ4v) is 4.03. The van der Waals surface area contributed by atoms with Crippen LogP contribution in [0.25, 0.3) is 26.9 Å². The van der Waals surface area contributed by atoms with E-state index >= 15 is 0 Å². The van der Waals surface area contributed by atoms with Gasteiger partial charge >= 0.3 is 5.97 Å². The topological polar surface area (TPSA) is 77.9 Å². The van der Waals surface area contributed by atoms with Gasteiger partial charge in [0.05, 0.1) is 25.1 Å². The Morgan fingerprint density at radius 2 is 1.94 bits per heavy atom. The summed E-state index contributed by atoms with van der Waals surface area (Å²) in [5.74, 6) is 0.263. The summed E-state index contributed by atoms with van der Waals surface area (Å²) in [6.45, 7) is 13.7. The van der Waals surface area contributed by atoms with Crippen molar-refractivity contribution in [1.29, 1.82) is 0 Å². The molecule has 0 unspecified atom stereocenters. The second-order valence-corrected chi connectivity index (χ2v) is 8.38. The number of phenols is 1.